The van der Waals surface area contributed by atoms with Crippen molar-refractivity contribution >= 4 is 11.9 Å². The summed E-state index contributed by atoms with van der Waals surface area (Å²) in [7, 11) is 0. The van der Waals surface area contributed by atoms with Crippen LogP contribution >= 0.6 is 0 Å². The van der Waals surface area contributed by atoms with Gasteiger partial charge in [0.05, 0.1) is 11.8 Å². The molecule has 164 valence electrons. The van der Waals surface area contributed by atoms with Gasteiger partial charge in [0.15, 0.2) is 0 Å². The molecule has 1 fully saturated rings. The third kappa shape index (κ3) is 5.83. The second-order valence-corrected chi connectivity index (χ2v) is 8.08. The Labute approximate surface area is 188 Å². The van der Waals surface area contributed by atoms with E-state index in [0.717, 1.165) is 16.7 Å². The molecule has 3 aromatic rings. The van der Waals surface area contributed by atoms with E-state index in [1.165, 1.54) is 0 Å². The topological polar surface area (TPSA) is 55.8 Å². The Morgan fingerprint density at radius 2 is 1.00 bits per heavy atom. The number of ether oxygens (including phenoxy) is 2. The molecule has 2 atom stereocenters. The summed E-state index contributed by atoms with van der Waals surface area (Å²) in [4.78, 5) is 28.0. The van der Waals surface area contributed by atoms with Crippen molar-refractivity contribution in [1.82, 2.24) is 4.90 Å². The van der Waals surface area contributed by atoms with Crippen LogP contribution in [0.2, 0.25) is 0 Å². The van der Waals surface area contributed by atoms with Gasteiger partial charge in [0.2, 0.25) is 0 Å². The fourth-order valence-electron chi connectivity index (χ4n) is 4.01. The van der Waals surface area contributed by atoms with Crippen molar-refractivity contribution in [2.45, 2.75) is 19.8 Å². The number of hydrogen-bond donors (Lipinski definition) is 0. The largest absolute Gasteiger partial charge is 0.461 e. The number of nitrogens with zero attached hydrogens (tertiary/aromatic N) is 1. The molecule has 1 heterocycles. The molecule has 0 radical (unpaired) electrons. The Morgan fingerprint density at radius 3 is 1.41 bits per heavy atom. The summed E-state index contributed by atoms with van der Waals surface area (Å²) < 4.78 is 11.2. The van der Waals surface area contributed by atoms with Gasteiger partial charge in [-0.25, -0.2) is 0 Å². The van der Waals surface area contributed by atoms with Gasteiger partial charge in [-0.15, -0.1) is 0 Å². The Kier molecular flexibility index (Phi) is 7.31. The van der Waals surface area contributed by atoms with Crippen molar-refractivity contribution in [3.8, 4) is 0 Å². The highest BCUT2D eigenvalue weighted by atomic mass is 16.5. The average molecular weight is 430 g/mol. The molecule has 0 bridgehead atoms. The molecule has 32 heavy (non-hydrogen) atoms. The maximum Gasteiger partial charge on any atom is 0.311 e. The maximum atomic E-state index is 12.9. The number of rotatable bonds is 8. The smallest absolute Gasteiger partial charge is 0.311 e. The minimum atomic E-state index is -0.550. The summed E-state index contributed by atoms with van der Waals surface area (Å²) in [6.45, 7) is 1.99. The van der Waals surface area contributed by atoms with Gasteiger partial charge in [-0.2, -0.15) is 0 Å². The lowest BCUT2D eigenvalue weighted by Crippen LogP contribution is -2.31. The van der Waals surface area contributed by atoms with Crippen LogP contribution in [0.25, 0.3) is 0 Å². The van der Waals surface area contributed by atoms with E-state index in [1.807, 2.05) is 91.0 Å². The summed E-state index contributed by atoms with van der Waals surface area (Å²) in [5.74, 6) is -1.81. The SMILES string of the molecule is O=C(OCc1ccccc1)[C@@H]1CN(Cc2ccccc2)C[C@H]1C(=O)OCc1ccccc1. The third-order valence-electron chi connectivity index (χ3n) is 5.70. The molecule has 0 saturated carbocycles. The zero-order valence-electron chi connectivity index (χ0n) is 17.9. The van der Waals surface area contributed by atoms with Crippen molar-refractivity contribution in [3.63, 3.8) is 0 Å². The van der Waals surface area contributed by atoms with Crippen LogP contribution in [0.3, 0.4) is 0 Å². The predicted octanol–water partition coefficient (Wildman–Crippen LogP) is 4.22. The van der Waals surface area contributed by atoms with E-state index in [1.54, 1.807) is 0 Å². The molecule has 1 saturated heterocycles. The first kappa shape index (κ1) is 21.8. The van der Waals surface area contributed by atoms with Crippen LogP contribution in [-0.4, -0.2) is 29.9 Å². The van der Waals surface area contributed by atoms with E-state index >= 15 is 0 Å². The van der Waals surface area contributed by atoms with Crippen molar-refractivity contribution < 1.29 is 19.1 Å². The summed E-state index contributed by atoms with van der Waals surface area (Å²) >= 11 is 0. The highest BCUT2D eigenvalue weighted by Gasteiger charge is 2.43. The van der Waals surface area contributed by atoms with Crippen molar-refractivity contribution in [1.29, 1.82) is 0 Å². The van der Waals surface area contributed by atoms with Crippen molar-refractivity contribution in [2.24, 2.45) is 11.8 Å². The first-order valence-electron chi connectivity index (χ1n) is 10.9. The maximum absolute atomic E-state index is 12.9. The van der Waals surface area contributed by atoms with Crippen LogP contribution < -0.4 is 0 Å². The van der Waals surface area contributed by atoms with Crippen LogP contribution in [0.4, 0.5) is 0 Å². The normalized spacial score (nSPS) is 18.2. The molecule has 3 aromatic carbocycles. The minimum Gasteiger partial charge on any atom is -0.461 e. The van der Waals surface area contributed by atoms with Crippen LogP contribution in [0.15, 0.2) is 91.0 Å². The molecule has 1 aliphatic heterocycles. The molecular formula is C27H27NO4. The molecule has 0 N–H and O–H groups in total. The van der Waals surface area contributed by atoms with E-state index in [2.05, 4.69) is 4.90 Å². The van der Waals surface area contributed by atoms with E-state index in [9.17, 15) is 9.59 Å². The zero-order valence-corrected chi connectivity index (χ0v) is 17.9. The quantitative estimate of drug-likeness (QED) is 0.502. The van der Waals surface area contributed by atoms with Crippen molar-refractivity contribution in [3.05, 3.63) is 108 Å². The van der Waals surface area contributed by atoms with Crippen LogP contribution in [0.1, 0.15) is 16.7 Å². The number of likely N-dealkylation sites (tertiary alicyclic amines) is 1. The molecule has 1 aliphatic rings. The Balaban J connectivity index is 1.42. The minimum absolute atomic E-state index is 0.195. The molecule has 0 aliphatic carbocycles. The van der Waals surface area contributed by atoms with Gasteiger partial charge in [-0.05, 0) is 16.7 Å². The van der Waals surface area contributed by atoms with E-state index in [0.29, 0.717) is 19.6 Å². The molecule has 0 spiro atoms. The third-order valence-corrected chi connectivity index (χ3v) is 5.70. The lowest BCUT2D eigenvalue weighted by Gasteiger charge is -2.16. The van der Waals surface area contributed by atoms with Gasteiger partial charge >= 0.3 is 11.9 Å². The van der Waals surface area contributed by atoms with Gasteiger partial charge in [0.25, 0.3) is 0 Å². The van der Waals surface area contributed by atoms with E-state index in [4.69, 9.17) is 9.47 Å². The molecule has 5 heteroatoms. The fourth-order valence-corrected chi connectivity index (χ4v) is 4.01. The standard InChI is InChI=1S/C27H27NO4/c29-26(31-19-22-12-6-2-7-13-22)24-17-28(16-21-10-4-1-5-11-21)18-25(24)27(30)32-20-23-14-8-3-9-15-23/h1-15,24-25H,16-20H2/t24-,25-/m1/s1. The molecule has 0 amide bonds. The molecular weight excluding hydrogens is 402 g/mol. The Bertz CT molecular complexity index is 944. The van der Waals surface area contributed by atoms with Gasteiger partial charge in [-0.3, -0.25) is 14.5 Å². The summed E-state index contributed by atoms with van der Waals surface area (Å²) in [5, 5.41) is 0. The van der Waals surface area contributed by atoms with Gasteiger partial charge in [0.1, 0.15) is 13.2 Å². The highest BCUT2D eigenvalue weighted by molar-refractivity contribution is 5.83. The first-order valence-corrected chi connectivity index (χ1v) is 10.9. The monoisotopic (exact) mass is 429 g/mol. The van der Waals surface area contributed by atoms with Crippen molar-refractivity contribution in [2.75, 3.05) is 13.1 Å². The summed E-state index contributed by atoms with van der Waals surface area (Å²) in [5.41, 5.74) is 2.98. The zero-order chi connectivity index (χ0) is 22.2. The second-order valence-electron chi connectivity index (χ2n) is 8.08. The molecule has 0 aromatic heterocycles. The lowest BCUT2D eigenvalue weighted by molar-refractivity contribution is -0.160. The molecule has 0 unspecified atom stereocenters. The van der Waals surface area contributed by atoms with E-state index < -0.39 is 11.8 Å². The fraction of sp³-hybridized carbons (Fsp3) is 0.259. The Morgan fingerprint density at radius 1 is 0.625 bits per heavy atom. The average Bonchev–Trinajstić information content (AvgIpc) is 3.27. The van der Waals surface area contributed by atoms with Gasteiger partial charge in [-0.1, -0.05) is 91.0 Å². The van der Waals surface area contributed by atoms with Gasteiger partial charge < -0.3 is 9.47 Å². The Hall–Kier alpha value is -3.44. The first-order chi connectivity index (χ1) is 15.7. The summed E-state index contributed by atoms with van der Waals surface area (Å²) in [6.07, 6.45) is 0. The number of carbonyl (C=O) groups is 2. The van der Waals surface area contributed by atoms with Crippen LogP contribution in [0, 0.1) is 11.8 Å². The molecule has 4 rings (SSSR count). The second kappa shape index (κ2) is 10.7. The van der Waals surface area contributed by atoms with E-state index in [-0.39, 0.29) is 25.2 Å². The van der Waals surface area contributed by atoms with Crippen LogP contribution in [-0.2, 0) is 38.8 Å². The highest BCUT2D eigenvalue weighted by Crippen LogP contribution is 2.28. The summed E-state index contributed by atoms with van der Waals surface area (Å²) in [6, 6.07) is 29.2. The van der Waals surface area contributed by atoms with Gasteiger partial charge in [0, 0.05) is 19.6 Å². The predicted molar refractivity (Wildman–Crippen MR) is 121 cm³/mol. The van der Waals surface area contributed by atoms with Crippen LogP contribution in [0.5, 0.6) is 0 Å². The lowest BCUT2D eigenvalue weighted by atomic mass is 9.96. The number of benzene rings is 3. The molecule has 5 nitrogen and oxygen atoms in total. The number of carbonyl (C=O) groups excluding carboxylic acids is 2. The number of hydrogen-bond acceptors (Lipinski definition) is 5. The number of esters is 2.